The van der Waals surface area contributed by atoms with Crippen molar-refractivity contribution in [1.29, 1.82) is 0 Å². The number of fused-ring (bicyclic) bond motifs is 2. The van der Waals surface area contributed by atoms with Gasteiger partial charge in [0.1, 0.15) is 22.9 Å². The minimum atomic E-state index is -0.638. The number of nitro groups is 2. The molecule has 2 aliphatic rings. The van der Waals surface area contributed by atoms with E-state index in [0.717, 1.165) is 12.1 Å². The Labute approximate surface area is 349 Å². The SMILES string of the molecule is CC(=O)Nc1cccc2c1/C(=N/Nc1ccc([N+](=O)[O-])cc1O)C(=O)C=C2.CC(=O)Nc1cccc2c1/C(=N/Nc1ccc([N+](=O)[O-])cc1O)C(=O)C=C2.[Cr].[Na+]. The number of hydrogen-bond acceptors (Lipinski definition) is 14. The molecule has 0 spiro atoms. The van der Waals surface area contributed by atoms with E-state index >= 15 is 0 Å². The standard InChI is InChI=1S/2C18H14N4O5.Cr.Na/c2*1-10(23)19-14-4-2-3-11-5-8-15(24)18(17(11)14)21-20-13-7-6-12(22(26)27)9-16(13)25;;/h2*2-9,20,25H,1H3,(H,19,23);;/q;;;+1/b2*21-18+;;. The molecule has 4 aromatic rings. The number of rotatable bonds is 8. The molecule has 0 atom stereocenters. The second kappa shape index (κ2) is 19.2. The number of aromatic hydroxyl groups is 2. The van der Waals surface area contributed by atoms with Gasteiger partial charge in [-0.2, -0.15) is 10.2 Å². The molecule has 6 rings (SSSR count). The van der Waals surface area contributed by atoms with Gasteiger partial charge >= 0.3 is 29.6 Å². The molecule has 0 aliphatic heterocycles. The zero-order valence-corrected chi connectivity index (χ0v) is 32.9. The minimum Gasteiger partial charge on any atom is -0.505 e. The summed E-state index contributed by atoms with van der Waals surface area (Å²) in [7, 11) is 0. The number of amides is 2. The first-order chi connectivity index (χ1) is 25.7. The zero-order chi connectivity index (χ0) is 39.1. The van der Waals surface area contributed by atoms with Gasteiger partial charge in [-0.1, -0.05) is 36.4 Å². The molecule has 20 heteroatoms. The summed E-state index contributed by atoms with van der Waals surface area (Å²) in [5, 5.41) is 54.7. The number of hydrogen-bond donors (Lipinski definition) is 6. The van der Waals surface area contributed by atoms with Crippen LogP contribution in [0.2, 0.25) is 0 Å². The molecule has 6 N–H and O–H groups in total. The Hall–Kier alpha value is -6.49. The number of ketones is 2. The smallest absolute Gasteiger partial charge is 0.505 e. The Bertz CT molecular complexity index is 2230. The quantitative estimate of drug-likeness (QED) is 0.0649. The number of nitrogens with zero attached hydrogens (tertiary/aromatic N) is 4. The number of benzene rings is 4. The summed E-state index contributed by atoms with van der Waals surface area (Å²) < 4.78 is 0. The number of anilines is 4. The third kappa shape index (κ3) is 10.4. The fourth-order valence-corrected chi connectivity index (χ4v) is 5.18. The molecule has 0 radical (unpaired) electrons. The third-order valence-corrected chi connectivity index (χ3v) is 7.54. The molecule has 278 valence electrons. The van der Waals surface area contributed by atoms with Gasteiger partial charge in [-0.05, 0) is 47.5 Å². The predicted molar refractivity (Wildman–Crippen MR) is 199 cm³/mol. The van der Waals surface area contributed by atoms with Gasteiger partial charge in [0.15, 0.2) is 0 Å². The number of hydrazone groups is 2. The molecule has 2 amide bonds. The summed E-state index contributed by atoms with van der Waals surface area (Å²) in [4.78, 5) is 67.7. The predicted octanol–water partition coefficient (Wildman–Crippen LogP) is 2.34. The fraction of sp³-hybridized carbons (Fsp3) is 0.0556. The number of phenolic OH excluding ortho intramolecular Hbond substituents is 2. The molecule has 0 unspecified atom stereocenters. The van der Waals surface area contributed by atoms with Gasteiger partial charge in [-0.15, -0.1) is 0 Å². The molecule has 56 heavy (non-hydrogen) atoms. The van der Waals surface area contributed by atoms with Crippen LogP contribution in [0.3, 0.4) is 0 Å². The number of allylic oxidation sites excluding steroid dienone is 2. The molecule has 0 aromatic heterocycles. The Morgan fingerprint density at radius 3 is 1.30 bits per heavy atom. The second-order valence-corrected chi connectivity index (χ2v) is 11.4. The molecule has 0 fully saturated rings. The Morgan fingerprint density at radius 2 is 0.982 bits per heavy atom. The van der Waals surface area contributed by atoms with E-state index in [-0.39, 0.29) is 104 Å². The van der Waals surface area contributed by atoms with Crippen LogP contribution in [0, 0.1) is 20.2 Å². The normalized spacial score (nSPS) is 13.5. The first kappa shape index (κ1) is 43.9. The summed E-state index contributed by atoms with van der Waals surface area (Å²) in [6.45, 7) is 2.70. The first-order valence-electron chi connectivity index (χ1n) is 15.6. The van der Waals surface area contributed by atoms with Gasteiger partial charge in [-0.3, -0.25) is 50.3 Å². The second-order valence-electron chi connectivity index (χ2n) is 11.4. The van der Waals surface area contributed by atoms with Crippen molar-refractivity contribution in [3.05, 3.63) is 127 Å². The summed E-state index contributed by atoms with van der Waals surface area (Å²) in [5.41, 5.74) is 7.90. The van der Waals surface area contributed by atoms with E-state index < -0.39 is 21.4 Å². The van der Waals surface area contributed by atoms with Crippen LogP contribution >= 0.6 is 0 Å². The van der Waals surface area contributed by atoms with E-state index in [1.54, 1.807) is 48.6 Å². The van der Waals surface area contributed by atoms with Crippen molar-refractivity contribution in [2.75, 3.05) is 21.5 Å². The van der Waals surface area contributed by atoms with E-state index in [0.29, 0.717) is 33.6 Å². The van der Waals surface area contributed by atoms with Gasteiger partial charge in [0.05, 0.1) is 44.7 Å². The maximum absolute atomic E-state index is 12.3. The largest absolute Gasteiger partial charge is 1.00 e. The van der Waals surface area contributed by atoms with Gasteiger partial charge in [0, 0.05) is 54.5 Å². The van der Waals surface area contributed by atoms with E-state index in [9.17, 15) is 49.6 Å². The first-order valence-corrected chi connectivity index (χ1v) is 15.6. The van der Waals surface area contributed by atoms with E-state index in [1.165, 1.54) is 50.3 Å². The van der Waals surface area contributed by atoms with Crippen LogP contribution in [0.1, 0.15) is 36.1 Å². The number of carbonyl (C=O) groups excluding carboxylic acids is 4. The van der Waals surface area contributed by atoms with Gasteiger partial charge in [0.25, 0.3) is 11.4 Å². The summed E-state index contributed by atoms with van der Waals surface area (Å²) in [5.74, 6) is -2.16. The van der Waals surface area contributed by atoms with Gasteiger partial charge in [-0.25, -0.2) is 0 Å². The molecule has 0 saturated heterocycles. The van der Waals surface area contributed by atoms with Crippen LogP contribution < -0.4 is 51.0 Å². The zero-order valence-electron chi connectivity index (χ0n) is 29.6. The number of carbonyl (C=O) groups is 4. The summed E-state index contributed by atoms with van der Waals surface area (Å²) in [6.07, 6.45) is 5.92. The topological polar surface area (TPSA) is 268 Å². The number of nitro benzene ring substituents is 2. The van der Waals surface area contributed by atoms with Gasteiger partial charge < -0.3 is 20.8 Å². The average Bonchev–Trinajstić information content (AvgIpc) is 3.11. The minimum absolute atomic E-state index is 0. The van der Waals surface area contributed by atoms with Crippen LogP contribution in [0.5, 0.6) is 11.5 Å². The van der Waals surface area contributed by atoms with Gasteiger partial charge in [0.2, 0.25) is 23.4 Å². The molecule has 0 bridgehead atoms. The van der Waals surface area contributed by atoms with Crippen molar-refractivity contribution in [2.24, 2.45) is 10.2 Å². The van der Waals surface area contributed by atoms with Crippen molar-refractivity contribution in [3.8, 4) is 11.5 Å². The monoisotopic (exact) mass is 807 g/mol. The molecule has 4 aromatic carbocycles. The van der Waals surface area contributed by atoms with Crippen LogP contribution in [0.15, 0.2) is 95.2 Å². The number of non-ortho nitro benzene ring substituents is 2. The molecule has 18 nitrogen and oxygen atoms in total. The van der Waals surface area contributed by atoms with Crippen molar-refractivity contribution in [3.63, 3.8) is 0 Å². The molecule has 2 aliphatic carbocycles. The van der Waals surface area contributed by atoms with Crippen molar-refractivity contribution < 1.29 is 86.2 Å². The molecule has 0 saturated carbocycles. The van der Waals surface area contributed by atoms with Crippen molar-refractivity contribution >= 4 is 81.1 Å². The third-order valence-electron chi connectivity index (χ3n) is 7.54. The number of phenols is 2. The van der Waals surface area contributed by atoms with Crippen molar-refractivity contribution in [2.45, 2.75) is 13.8 Å². The summed E-state index contributed by atoms with van der Waals surface area (Å²) in [6, 6.07) is 17.2. The Balaban J connectivity index is 0.000000290. The van der Waals surface area contributed by atoms with Crippen LogP contribution in [-0.4, -0.2) is 54.9 Å². The maximum atomic E-state index is 12.3. The average molecular weight is 808 g/mol. The Morgan fingerprint density at radius 1 is 0.607 bits per heavy atom. The van der Waals surface area contributed by atoms with E-state index in [4.69, 9.17) is 0 Å². The Kier molecular flexibility index (Phi) is 15.1. The fourth-order valence-electron chi connectivity index (χ4n) is 5.18. The summed E-state index contributed by atoms with van der Waals surface area (Å²) >= 11 is 0. The van der Waals surface area contributed by atoms with Crippen LogP contribution in [-0.2, 0) is 36.5 Å². The molecule has 0 heterocycles. The number of nitrogens with one attached hydrogen (secondary N) is 4. The van der Waals surface area contributed by atoms with Crippen LogP contribution in [0.25, 0.3) is 12.2 Å². The molecular formula is C36H28CrN8NaO10+. The maximum Gasteiger partial charge on any atom is 1.00 e. The van der Waals surface area contributed by atoms with E-state index in [2.05, 4.69) is 31.7 Å². The van der Waals surface area contributed by atoms with E-state index in [1.807, 2.05) is 0 Å². The molecular weight excluding hydrogens is 779 g/mol. The van der Waals surface area contributed by atoms with Crippen molar-refractivity contribution in [1.82, 2.24) is 0 Å². The van der Waals surface area contributed by atoms with Crippen LogP contribution in [0.4, 0.5) is 34.1 Å².